The summed E-state index contributed by atoms with van der Waals surface area (Å²) in [5, 5.41) is 0. The normalized spacial score (nSPS) is 19.2. The van der Waals surface area contributed by atoms with Gasteiger partial charge in [0.1, 0.15) is 0 Å². The minimum absolute atomic E-state index is 0.465. The Balaban J connectivity index is 1.43. The monoisotopic (exact) mass is 634 g/mol. The van der Waals surface area contributed by atoms with Gasteiger partial charge in [-0.1, -0.05) is 72.8 Å². The van der Waals surface area contributed by atoms with E-state index in [0.717, 1.165) is 111 Å². The summed E-state index contributed by atoms with van der Waals surface area (Å²) in [6, 6.07) is 20.7. The minimum Gasteiger partial charge on any atom is -0.454 e. The Kier molecular flexibility index (Phi) is 11.0. The maximum atomic E-state index is 7.22. The molecule has 4 aliphatic rings. The molecule has 0 N–H and O–H groups in total. The number of hydrogen-bond acceptors (Lipinski definition) is 5. The molecule has 0 heterocycles. The second kappa shape index (κ2) is 15.8. The van der Waals surface area contributed by atoms with Crippen molar-refractivity contribution in [2.75, 3.05) is 0 Å². The van der Waals surface area contributed by atoms with Crippen LogP contribution in [0.15, 0.2) is 133 Å². The first-order chi connectivity index (χ1) is 23.1. The Hall–Kier alpha value is -3.96. The second-order valence-electron chi connectivity index (χ2n) is 13.1. The summed E-state index contributed by atoms with van der Waals surface area (Å²) in [6.45, 7) is 8.63. The lowest BCUT2D eigenvalue weighted by molar-refractivity contribution is -0.294. The summed E-state index contributed by atoms with van der Waals surface area (Å²) in [6.07, 6.45) is 23.5. The Morgan fingerprint density at radius 2 is 0.830 bits per heavy atom. The molecule has 4 aliphatic carbocycles. The van der Waals surface area contributed by atoms with E-state index in [9.17, 15) is 0 Å². The minimum atomic E-state index is -1.21. The van der Waals surface area contributed by atoms with Gasteiger partial charge < -0.3 is 23.7 Å². The van der Waals surface area contributed by atoms with Crippen molar-refractivity contribution in [3.63, 3.8) is 0 Å². The third-order valence-corrected chi connectivity index (χ3v) is 9.39. The van der Waals surface area contributed by atoms with Crippen LogP contribution in [0.5, 0.6) is 0 Å². The van der Waals surface area contributed by atoms with Gasteiger partial charge in [-0.05, 0) is 86.8 Å². The third-order valence-electron chi connectivity index (χ3n) is 9.39. The molecule has 5 nitrogen and oxygen atoms in total. The van der Waals surface area contributed by atoms with Crippen molar-refractivity contribution in [3.05, 3.63) is 144 Å². The van der Waals surface area contributed by atoms with E-state index < -0.39 is 23.8 Å². The Bertz CT molecular complexity index is 1300. The molecular weight excluding hydrogens is 584 g/mol. The fraction of sp³-hybridized carbons (Fsp3) is 0.429. The summed E-state index contributed by atoms with van der Waals surface area (Å²) >= 11 is 0. The van der Waals surface area contributed by atoms with Crippen LogP contribution >= 0.6 is 0 Å². The molecule has 248 valence electrons. The quantitative estimate of drug-likeness (QED) is 0.121. The van der Waals surface area contributed by atoms with Crippen molar-refractivity contribution in [1.29, 1.82) is 0 Å². The molecule has 0 aromatic heterocycles. The van der Waals surface area contributed by atoms with E-state index in [1.54, 1.807) is 0 Å². The van der Waals surface area contributed by atoms with Gasteiger partial charge in [0.15, 0.2) is 12.2 Å². The van der Waals surface area contributed by atoms with Crippen LogP contribution in [0.1, 0.15) is 88.2 Å². The first-order valence-corrected chi connectivity index (χ1v) is 17.6. The fourth-order valence-corrected chi connectivity index (χ4v) is 7.04. The van der Waals surface area contributed by atoms with E-state index in [1.165, 1.54) is 0 Å². The first-order valence-electron chi connectivity index (χ1n) is 17.6. The molecule has 0 radical (unpaired) electrons. The summed E-state index contributed by atoms with van der Waals surface area (Å²) < 4.78 is 35.3. The molecule has 2 aromatic carbocycles. The number of ether oxygens (including phenoxy) is 5. The maximum absolute atomic E-state index is 7.22. The summed E-state index contributed by atoms with van der Waals surface area (Å²) in [5.41, 5.74) is 2.18. The molecular formula is C42H50O5. The molecule has 0 amide bonds. The molecule has 0 saturated carbocycles. The SMILES string of the molecule is C=CC(OC(C=C)C(Cc1ccccc1)(OC1=CCCC1)OC1=CCCC1)C(Cc1ccccc1)(OC1=CCCC1)OC1=CCCC1. The molecule has 2 atom stereocenters. The van der Waals surface area contributed by atoms with Crippen molar-refractivity contribution in [2.45, 2.75) is 114 Å². The average molecular weight is 635 g/mol. The van der Waals surface area contributed by atoms with Crippen LogP contribution in [0.25, 0.3) is 0 Å². The molecule has 2 aromatic rings. The van der Waals surface area contributed by atoms with Gasteiger partial charge in [0, 0.05) is 25.7 Å². The molecule has 0 aliphatic heterocycles. The van der Waals surface area contributed by atoms with E-state index in [4.69, 9.17) is 23.7 Å². The van der Waals surface area contributed by atoms with Crippen molar-refractivity contribution >= 4 is 0 Å². The average Bonchev–Trinajstić information content (AvgIpc) is 3.93. The van der Waals surface area contributed by atoms with E-state index in [-0.39, 0.29) is 0 Å². The largest absolute Gasteiger partial charge is 0.454 e. The van der Waals surface area contributed by atoms with Gasteiger partial charge in [-0.25, -0.2) is 0 Å². The lowest BCUT2D eigenvalue weighted by Crippen LogP contribution is -2.56. The zero-order valence-electron chi connectivity index (χ0n) is 27.7. The van der Waals surface area contributed by atoms with Gasteiger partial charge in [-0.15, -0.1) is 13.2 Å². The summed E-state index contributed by atoms with van der Waals surface area (Å²) in [5.74, 6) is 1.30. The van der Waals surface area contributed by atoms with Gasteiger partial charge >= 0.3 is 0 Å². The second-order valence-corrected chi connectivity index (χ2v) is 13.1. The molecule has 0 fully saturated rings. The lowest BCUT2D eigenvalue weighted by Gasteiger charge is -2.45. The predicted molar refractivity (Wildman–Crippen MR) is 187 cm³/mol. The van der Waals surface area contributed by atoms with Gasteiger partial charge in [-0.3, -0.25) is 0 Å². The van der Waals surface area contributed by atoms with Crippen LogP contribution in [0, 0.1) is 0 Å². The molecule has 6 rings (SSSR count). The van der Waals surface area contributed by atoms with Crippen LogP contribution in [0.4, 0.5) is 0 Å². The van der Waals surface area contributed by atoms with E-state index >= 15 is 0 Å². The van der Waals surface area contributed by atoms with Crippen LogP contribution in [-0.4, -0.2) is 23.8 Å². The first kappa shape index (κ1) is 33.0. The lowest BCUT2D eigenvalue weighted by atomic mass is 9.96. The zero-order valence-corrected chi connectivity index (χ0v) is 27.7. The van der Waals surface area contributed by atoms with E-state index in [0.29, 0.717) is 12.8 Å². The van der Waals surface area contributed by atoms with Crippen molar-refractivity contribution in [3.8, 4) is 0 Å². The van der Waals surface area contributed by atoms with Crippen LogP contribution in [-0.2, 0) is 36.5 Å². The van der Waals surface area contributed by atoms with Gasteiger partial charge in [0.05, 0.1) is 35.9 Å². The third kappa shape index (κ3) is 8.31. The highest BCUT2D eigenvalue weighted by Crippen LogP contribution is 2.41. The van der Waals surface area contributed by atoms with Gasteiger partial charge in [-0.2, -0.15) is 0 Å². The summed E-state index contributed by atoms with van der Waals surface area (Å²) in [4.78, 5) is 0. The van der Waals surface area contributed by atoms with E-state index in [1.807, 2.05) is 24.3 Å². The molecule has 47 heavy (non-hydrogen) atoms. The summed E-state index contributed by atoms with van der Waals surface area (Å²) in [7, 11) is 0. The number of hydrogen-bond donors (Lipinski definition) is 0. The van der Waals surface area contributed by atoms with E-state index in [2.05, 4.69) is 86.0 Å². The van der Waals surface area contributed by atoms with Gasteiger partial charge in [0.25, 0.3) is 11.6 Å². The molecule has 2 unspecified atom stereocenters. The van der Waals surface area contributed by atoms with Gasteiger partial charge in [0.2, 0.25) is 0 Å². The fourth-order valence-electron chi connectivity index (χ4n) is 7.04. The smallest absolute Gasteiger partial charge is 0.284 e. The Morgan fingerprint density at radius 1 is 0.511 bits per heavy atom. The highest BCUT2D eigenvalue weighted by molar-refractivity contribution is 5.22. The topological polar surface area (TPSA) is 46.2 Å². The van der Waals surface area contributed by atoms with Crippen molar-refractivity contribution in [2.24, 2.45) is 0 Å². The van der Waals surface area contributed by atoms with Crippen LogP contribution in [0.2, 0.25) is 0 Å². The number of rotatable bonds is 18. The standard InChI is InChI=1S/C42H50O5/c1-3-39(41(44-35-23-11-12-24-35,45-36-25-13-14-26-36)31-33-19-7-5-8-20-33)43-40(4-2)42(46-37-27-15-16-28-37,47-38-29-17-18-30-38)32-34-21-9-6-10-22-34/h3-10,19-23,25,27,29,39-40H,1-2,11-18,24,26,28,30-32H2. The molecule has 0 bridgehead atoms. The van der Waals surface area contributed by atoms with Crippen molar-refractivity contribution in [1.82, 2.24) is 0 Å². The van der Waals surface area contributed by atoms with Crippen LogP contribution in [0.3, 0.4) is 0 Å². The number of benzene rings is 2. The predicted octanol–water partition coefficient (Wildman–Crippen LogP) is 10.3. The maximum Gasteiger partial charge on any atom is 0.284 e. The van der Waals surface area contributed by atoms with Crippen molar-refractivity contribution < 1.29 is 23.7 Å². The Labute approximate surface area is 281 Å². The number of allylic oxidation sites excluding steroid dienone is 8. The molecule has 0 saturated heterocycles. The Morgan fingerprint density at radius 3 is 1.09 bits per heavy atom. The zero-order chi connectivity index (χ0) is 32.4. The molecule has 0 spiro atoms. The highest BCUT2D eigenvalue weighted by atomic mass is 16.7. The molecule has 5 heteroatoms. The van der Waals surface area contributed by atoms with Crippen LogP contribution < -0.4 is 0 Å². The highest BCUT2D eigenvalue weighted by Gasteiger charge is 2.51.